The Labute approximate surface area is 66.4 Å². The molecule has 2 nitrogen and oxygen atoms in total. The van der Waals surface area contributed by atoms with E-state index in [1.54, 1.807) is 5.92 Å². The highest BCUT2D eigenvalue weighted by Crippen LogP contribution is 2.56. The van der Waals surface area contributed by atoms with Crippen LogP contribution in [-0.4, -0.2) is 17.3 Å². The van der Waals surface area contributed by atoms with E-state index in [1.165, 1.54) is 5.92 Å². The van der Waals surface area contributed by atoms with E-state index in [9.17, 15) is 18.0 Å². The van der Waals surface area contributed by atoms with Gasteiger partial charge in [-0.3, -0.25) is 0 Å². The van der Waals surface area contributed by atoms with Crippen molar-refractivity contribution in [3.63, 3.8) is 0 Å². The third kappa shape index (κ3) is 1.52. The zero-order valence-electron chi connectivity index (χ0n) is 5.90. The van der Waals surface area contributed by atoms with Crippen LogP contribution >= 0.6 is 0 Å². The van der Waals surface area contributed by atoms with E-state index in [-0.39, 0.29) is 12.8 Å². The summed E-state index contributed by atoms with van der Waals surface area (Å²) >= 11 is 0. The highest BCUT2D eigenvalue weighted by molar-refractivity contribution is 5.86. The van der Waals surface area contributed by atoms with Crippen molar-refractivity contribution in [2.24, 2.45) is 5.41 Å². The van der Waals surface area contributed by atoms with E-state index in [0.717, 1.165) is 0 Å². The molecule has 0 bridgehead atoms. The average molecular weight is 178 g/mol. The molecule has 12 heavy (non-hydrogen) atoms. The van der Waals surface area contributed by atoms with Crippen molar-refractivity contribution in [3.8, 4) is 11.8 Å². The number of aliphatic carboxylic acids is 1. The SMILES string of the molecule is O=C(O)C#CC1(C(F)(F)F)CC1. The van der Waals surface area contributed by atoms with Crippen LogP contribution < -0.4 is 0 Å². The Balaban J connectivity index is 2.77. The van der Waals surface area contributed by atoms with Crippen molar-refractivity contribution in [2.45, 2.75) is 19.0 Å². The van der Waals surface area contributed by atoms with E-state index >= 15 is 0 Å². The van der Waals surface area contributed by atoms with E-state index < -0.39 is 17.6 Å². The number of carboxylic acid groups (broad SMARTS) is 1. The molecule has 0 amide bonds. The highest BCUT2D eigenvalue weighted by atomic mass is 19.4. The Morgan fingerprint density at radius 1 is 1.42 bits per heavy atom. The maximum Gasteiger partial charge on any atom is 0.405 e. The molecule has 0 atom stereocenters. The predicted molar refractivity (Wildman–Crippen MR) is 33.1 cm³/mol. The second kappa shape index (κ2) is 2.41. The van der Waals surface area contributed by atoms with Crippen molar-refractivity contribution < 1.29 is 23.1 Å². The second-order valence-corrected chi connectivity index (χ2v) is 2.64. The molecule has 66 valence electrons. The molecule has 0 heterocycles. The molecule has 1 saturated carbocycles. The van der Waals surface area contributed by atoms with Gasteiger partial charge in [-0.05, 0) is 12.8 Å². The third-order valence-electron chi connectivity index (χ3n) is 1.70. The standard InChI is InChI=1S/C7H5F3O2/c8-7(9,10)6(3-4-6)2-1-5(11)12/h3-4H2,(H,11,12). The van der Waals surface area contributed by atoms with E-state index in [0.29, 0.717) is 0 Å². The topological polar surface area (TPSA) is 37.3 Å². The summed E-state index contributed by atoms with van der Waals surface area (Å²) in [5.74, 6) is 1.71. The number of carboxylic acids is 1. The normalized spacial score (nSPS) is 19.2. The van der Waals surface area contributed by atoms with Crippen LogP contribution in [0.1, 0.15) is 12.8 Å². The molecule has 1 aliphatic rings. The summed E-state index contributed by atoms with van der Waals surface area (Å²) in [4.78, 5) is 9.86. The van der Waals surface area contributed by atoms with Gasteiger partial charge >= 0.3 is 12.1 Å². The highest BCUT2D eigenvalue weighted by Gasteiger charge is 2.62. The number of hydrogen-bond donors (Lipinski definition) is 1. The van der Waals surface area contributed by atoms with Crippen molar-refractivity contribution >= 4 is 5.97 Å². The molecule has 0 radical (unpaired) electrons. The van der Waals surface area contributed by atoms with Gasteiger partial charge in [0.25, 0.3) is 0 Å². The van der Waals surface area contributed by atoms with Crippen LogP contribution in [0.2, 0.25) is 0 Å². The van der Waals surface area contributed by atoms with Gasteiger partial charge in [0.2, 0.25) is 0 Å². The van der Waals surface area contributed by atoms with Crippen molar-refractivity contribution in [1.82, 2.24) is 0 Å². The van der Waals surface area contributed by atoms with Gasteiger partial charge in [0.05, 0.1) is 0 Å². The fraction of sp³-hybridized carbons (Fsp3) is 0.571. The molecule has 1 aliphatic carbocycles. The Morgan fingerprint density at radius 2 is 1.92 bits per heavy atom. The molecule has 1 fully saturated rings. The Morgan fingerprint density at radius 3 is 2.17 bits per heavy atom. The smallest absolute Gasteiger partial charge is 0.405 e. The summed E-state index contributed by atoms with van der Waals surface area (Å²) in [7, 11) is 0. The lowest BCUT2D eigenvalue weighted by Gasteiger charge is -2.11. The van der Waals surface area contributed by atoms with Crippen LogP contribution in [0.4, 0.5) is 13.2 Å². The summed E-state index contributed by atoms with van der Waals surface area (Å²) < 4.78 is 36.2. The predicted octanol–water partition coefficient (Wildman–Crippen LogP) is 1.42. The van der Waals surface area contributed by atoms with Gasteiger partial charge in [-0.25, -0.2) is 4.79 Å². The first-order valence-electron chi connectivity index (χ1n) is 3.20. The third-order valence-corrected chi connectivity index (χ3v) is 1.70. The lowest BCUT2D eigenvalue weighted by atomic mass is 10.1. The van der Waals surface area contributed by atoms with Crippen molar-refractivity contribution in [1.29, 1.82) is 0 Å². The lowest BCUT2D eigenvalue weighted by molar-refractivity contribution is -0.168. The van der Waals surface area contributed by atoms with Gasteiger partial charge in [-0.1, -0.05) is 5.92 Å². The first-order chi connectivity index (χ1) is 5.37. The molecule has 0 spiro atoms. The first kappa shape index (κ1) is 8.91. The van der Waals surface area contributed by atoms with Crippen LogP contribution in [0.15, 0.2) is 0 Å². The zero-order chi connectivity index (χ0) is 9.41. The van der Waals surface area contributed by atoms with Gasteiger partial charge in [-0.2, -0.15) is 13.2 Å². The molecule has 1 rings (SSSR count). The summed E-state index contributed by atoms with van der Waals surface area (Å²) in [5, 5.41) is 8.03. The molecule has 0 saturated heterocycles. The monoisotopic (exact) mass is 178 g/mol. The Hall–Kier alpha value is -1.18. The summed E-state index contributed by atoms with van der Waals surface area (Å²) in [6.07, 6.45) is -4.57. The molecule has 0 aromatic heterocycles. The summed E-state index contributed by atoms with van der Waals surface area (Å²) in [6.45, 7) is 0. The van der Waals surface area contributed by atoms with E-state index in [2.05, 4.69) is 0 Å². The number of halogens is 3. The maximum absolute atomic E-state index is 12.1. The number of alkyl halides is 3. The first-order valence-corrected chi connectivity index (χ1v) is 3.20. The van der Waals surface area contributed by atoms with Crippen LogP contribution in [0.3, 0.4) is 0 Å². The van der Waals surface area contributed by atoms with E-state index in [1.807, 2.05) is 0 Å². The van der Waals surface area contributed by atoms with Crippen LogP contribution in [0.25, 0.3) is 0 Å². The van der Waals surface area contributed by atoms with Gasteiger partial charge in [0.15, 0.2) is 0 Å². The molecular weight excluding hydrogens is 173 g/mol. The van der Waals surface area contributed by atoms with Crippen molar-refractivity contribution in [2.75, 3.05) is 0 Å². The number of carbonyl (C=O) groups is 1. The fourth-order valence-corrected chi connectivity index (χ4v) is 0.777. The summed E-state index contributed by atoms with van der Waals surface area (Å²) in [5.41, 5.74) is -2.02. The molecule has 0 aromatic carbocycles. The fourth-order valence-electron chi connectivity index (χ4n) is 0.777. The molecule has 0 aromatic rings. The largest absolute Gasteiger partial charge is 0.472 e. The summed E-state index contributed by atoms with van der Waals surface area (Å²) in [6, 6.07) is 0. The van der Waals surface area contributed by atoms with Gasteiger partial charge in [0.1, 0.15) is 5.41 Å². The average Bonchev–Trinajstić information content (AvgIpc) is 2.60. The molecule has 0 aliphatic heterocycles. The molecule has 1 N–H and O–H groups in total. The quantitative estimate of drug-likeness (QED) is 0.569. The minimum Gasteiger partial charge on any atom is -0.472 e. The maximum atomic E-state index is 12.1. The molecular formula is C7H5F3O2. The van der Waals surface area contributed by atoms with Gasteiger partial charge in [-0.15, -0.1) is 0 Å². The van der Waals surface area contributed by atoms with Gasteiger partial charge < -0.3 is 5.11 Å². The zero-order valence-corrected chi connectivity index (χ0v) is 5.90. The molecule has 0 unspecified atom stereocenters. The lowest BCUT2D eigenvalue weighted by Crippen LogP contribution is -2.22. The second-order valence-electron chi connectivity index (χ2n) is 2.64. The number of hydrogen-bond acceptors (Lipinski definition) is 1. The minimum absolute atomic E-state index is 0.0865. The number of rotatable bonds is 0. The van der Waals surface area contributed by atoms with Gasteiger partial charge in [0, 0.05) is 5.92 Å². The molecule has 5 heteroatoms. The van der Waals surface area contributed by atoms with Crippen LogP contribution in [-0.2, 0) is 4.79 Å². The Kier molecular flexibility index (Phi) is 1.79. The minimum atomic E-state index is -4.39. The van der Waals surface area contributed by atoms with Crippen LogP contribution in [0, 0.1) is 17.3 Å². The van der Waals surface area contributed by atoms with Crippen LogP contribution in [0.5, 0.6) is 0 Å². The Bertz CT molecular complexity index is 265. The van der Waals surface area contributed by atoms with Crippen molar-refractivity contribution in [3.05, 3.63) is 0 Å². The van der Waals surface area contributed by atoms with E-state index in [4.69, 9.17) is 5.11 Å².